The Balaban J connectivity index is 1.78. The zero-order valence-corrected chi connectivity index (χ0v) is 13.1. The number of carbonyl (C=O) groups is 3. The summed E-state index contributed by atoms with van der Waals surface area (Å²) < 4.78 is 0. The minimum atomic E-state index is -0.878. The van der Waals surface area contributed by atoms with Crippen molar-refractivity contribution in [2.45, 2.75) is 25.3 Å². The van der Waals surface area contributed by atoms with Crippen LogP contribution in [0.3, 0.4) is 0 Å². The monoisotopic (exact) mass is 321 g/mol. The summed E-state index contributed by atoms with van der Waals surface area (Å²) in [5.74, 6) is -0.477. The van der Waals surface area contributed by atoms with Gasteiger partial charge in [0.05, 0.1) is 17.9 Å². The molecule has 1 aliphatic rings. The summed E-state index contributed by atoms with van der Waals surface area (Å²) in [7, 11) is 0. The van der Waals surface area contributed by atoms with E-state index in [2.05, 4.69) is 0 Å². The first-order valence-corrected chi connectivity index (χ1v) is 8.40. The van der Waals surface area contributed by atoms with Crippen molar-refractivity contribution in [2.75, 3.05) is 18.1 Å². The summed E-state index contributed by atoms with van der Waals surface area (Å²) in [6.07, 6.45) is 1.59. The van der Waals surface area contributed by atoms with Gasteiger partial charge >= 0.3 is 5.97 Å². The van der Waals surface area contributed by atoms with Crippen molar-refractivity contribution < 1.29 is 19.5 Å². The van der Waals surface area contributed by atoms with Gasteiger partial charge in [0.2, 0.25) is 5.91 Å². The molecule has 6 heteroatoms. The molecule has 0 saturated carbocycles. The number of amides is 1. The molecule has 1 saturated heterocycles. The van der Waals surface area contributed by atoms with E-state index >= 15 is 0 Å². The smallest absolute Gasteiger partial charge is 0.305 e. The normalized spacial score (nSPS) is 17.5. The molecule has 0 bridgehead atoms. The molecule has 1 aromatic rings. The number of carboxylic acid groups (broad SMARTS) is 1. The average Bonchev–Trinajstić information content (AvgIpc) is 2.95. The van der Waals surface area contributed by atoms with Gasteiger partial charge in [0.25, 0.3) is 0 Å². The predicted octanol–water partition coefficient (Wildman–Crippen LogP) is 2.07. The lowest BCUT2D eigenvalue weighted by atomic mass is 10.1. The number of hydrogen-bond acceptors (Lipinski definition) is 4. The molecule has 118 valence electrons. The van der Waals surface area contributed by atoms with E-state index in [1.165, 1.54) is 11.8 Å². The van der Waals surface area contributed by atoms with Crippen LogP contribution in [0.25, 0.3) is 0 Å². The molecule has 0 radical (unpaired) electrons. The third kappa shape index (κ3) is 4.59. The van der Waals surface area contributed by atoms with Crippen molar-refractivity contribution in [1.29, 1.82) is 0 Å². The molecular weight excluding hydrogens is 302 g/mol. The topological polar surface area (TPSA) is 74.7 Å². The van der Waals surface area contributed by atoms with E-state index in [4.69, 9.17) is 5.11 Å². The van der Waals surface area contributed by atoms with Crippen LogP contribution in [0.5, 0.6) is 0 Å². The Kier molecular flexibility index (Phi) is 6.00. The molecule has 0 aliphatic carbocycles. The van der Waals surface area contributed by atoms with E-state index in [-0.39, 0.29) is 35.7 Å². The average molecular weight is 321 g/mol. The minimum Gasteiger partial charge on any atom is -0.481 e. The Morgan fingerprint density at radius 3 is 2.59 bits per heavy atom. The van der Waals surface area contributed by atoms with Crippen LogP contribution in [-0.2, 0) is 9.59 Å². The van der Waals surface area contributed by atoms with E-state index in [0.717, 1.165) is 12.8 Å². The van der Waals surface area contributed by atoms with Gasteiger partial charge < -0.3 is 10.0 Å². The van der Waals surface area contributed by atoms with Crippen LogP contribution in [0.4, 0.5) is 0 Å². The molecule has 1 aromatic carbocycles. The molecule has 0 aromatic heterocycles. The molecule has 22 heavy (non-hydrogen) atoms. The number of hydrogen-bond donors (Lipinski definition) is 1. The van der Waals surface area contributed by atoms with E-state index < -0.39 is 5.97 Å². The number of ketones is 1. The third-order valence-corrected chi connectivity index (χ3v) is 4.58. The second-order valence-corrected chi connectivity index (χ2v) is 6.25. The molecule has 2 rings (SSSR count). The first-order valence-electron chi connectivity index (χ1n) is 7.25. The number of likely N-dealkylation sites (tertiary alicyclic amines) is 1. The summed E-state index contributed by atoms with van der Waals surface area (Å²) >= 11 is 1.28. The number of Topliss-reactive ketones (excluding diaryl/α,β-unsaturated/α-hetero) is 1. The lowest BCUT2D eigenvalue weighted by molar-refractivity contribution is -0.139. The zero-order chi connectivity index (χ0) is 15.9. The maximum atomic E-state index is 12.2. The van der Waals surface area contributed by atoms with Crippen LogP contribution < -0.4 is 0 Å². The second-order valence-electron chi connectivity index (χ2n) is 5.26. The van der Waals surface area contributed by atoms with E-state index in [1.54, 1.807) is 17.0 Å². The maximum Gasteiger partial charge on any atom is 0.305 e. The summed E-state index contributed by atoms with van der Waals surface area (Å²) in [6.45, 7) is 0.615. The molecule has 0 spiro atoms. The standard InChI is InChI=1S/C16H19NO4S/c18-14(12-5-2-1-3-6-12)10-22-11-15(19)17-8-4-7-13(17)9-16(20)21/h1-3,5-6,13H,4,7-11H2,(H,20,21). The van der Waals surface area contributed by atoms with Gasteiger partial charge in [-0.3, -0.25) is 14.4 Å². The molecule has 1 heterocycles. The first kappa shape index (κ1) is 16.5. The van der Waals surface area contributed by atoms with Gasteiger partial charge in [-0.2, -0.15) is 0 Å². The Hall–Kier alpha value is -1.82. The van der Waals surface area contributed by atoms with Crippen LogP contribution >= 0.6 is 11.8 Å². The Labute approximate surface area is 133 Å². The maximum absolute atomic E-state index is 12.2. The molecule has 5 nitrogen and oxygen atoms in total. The first-order chi connectivity index (χ1) is 10.6. The summed E-state index contributed by atoms with van der Waals surface area (Å²) in [4.78, 5) is 36.5. The number of nitrogens with zero attached hydrogens (tertiary/aromatic N) is 1. The van der Waals surface area contributed by atoms with Gasteiger partial charge in [0.1, 0.15) is 0 Å². The summed E-state index contributed by atoms with van der Waals surface area (Å²) in [5.41, 5.74) is 0.646. The van der Waals surface area contributed by atoms with Crippen LogP contribution in [0.2, 0.25) is 0 Å². The summed E-state index contributed by atoms with van der Waals surface area (Å²) in [5, 5.41) is 8.86. The van der Waals surface area contributed by atoms with Crippen molar-refractivity contribution >= 4 is 29.4 Å². The number of thioether (sulfide) groups is 1. The Morgan fingerprint density at radius 2 is 1.91 bits per heavy atom. The molecule has 1 amide bonds. The van der Waals surface area contributed by atoms with Crippen molar-refractivity contribution in [3.05, 3.63) is 35.9 Å². The van der Waals surface area contributed by atoms with Crippen molar-refractivity contribution in [3.8, 4) is 0 Å². The quantitative estimate of drug-likeness (QED) is 0.778. The highest BCUT2D eigenvalue weighted by atomic mass is 32.2. The van der Waals surface area contributed by atoms with Crippen molar-refractivity contribution in [2.24, 2.45) is 0 Å². The lowest BCUT2D eigenvalue weighted by Crippen LogP contribution is -2.38. The number of rotatable bonds is 7. The van der Waals surface area contributed by atoms with Gasteiger partial charge in [0.15, 0.2) is 5.78 Å². The van der Waals surface area contributed by atoms with Crippen LogP contribution in [0.1, 0.15) is 29.6 Å². The highest BCUT2D eigenvalue weighted by molar-refractivity contribution is 8.00. The molecule has 1 aliphatic heterocycles. The van der Waals surface area contributed by atoms with Gasteiger partial charge in [0, 0.05) is 18.2 Å². The third-order valence-electron chi connectivity index (χ3n) is 3.66. The fourth-order valence-electron chi connectivity index (χ4n) is 2.60. The Morgan fingerprint density at radius 1 is 1.18 bits per heavy atom. The number of carbonyl (C=O) groups excluding carboxylic acids is 2. The van der Waals surface area contributed by atoms with Gasteiger partial charge in [-0.05, 0) is 12.8 Å². The number of carboxylic acids is 1. The zero-order valence-electron chi connectivity index (χ0n) is 12.2. The van der Waals surface area contributed by atoms with E-state index in [1.807, 2.05) is 18.2 Å². The molecule has 1 N–H and O–H groups in total. The highest BCUT2D eigenvalue weighted by Gasteiger charge is 2.30. The molecule has 1 atom stereocenters. The largest absolute Gasteiger partial charge is 0.481 e. The summed E-state index contributed by atoms with van der Waals surface area (Å²) in [6, 6.07) is 8.79. The fraction of sp³-hybridized carbons (Fsp3) is 0.438. The second kappa shape index (κ2) is 7.98. The molecular formula is C16H19NO4S. The number of benzene rings is 1. The van der Waals surface area contributed by atoms with Gasteiger partial charge in [-0.1, -0.05) is 30.3 Å². The predicted molar refractivity (Wildman–Crippen MR) is 85.1 cm³/mol. The minimum absolute atomic E-state index is 0.000642. The highest BCUT2D eigenvalue weighted by Crippen LogP contribution is 2.21. The Bertz CT molecular complexity index is 546. The molecule has 1 unspecified atom stereocenters. The van der Waals surface area contributed by atoms with Crippen LogP contribution in [0, 0.1) is 0 Å². The van der Waals surface area contributed by atoms with Crippen molar-refractivity contribution in [3.63, 3.8) is 0 Å². The SMILES string of the molecule is O=C(O)CC1CCCN1C(=O)CSCC(=O)c1ccccc1. The van der Waals surface area contributed by atoms with E-state index in [0.29, 0.717) is 12.1 Å². The van der Waals surface area contributed by atoms with Crippen molar-refractivity contribution in [1.82, 2.24) is 4.90 Å². The van der Waals surface area contributed by atoms with Gasteiger partial charge in [-0.25, -0.2) is 0 Å². The molecule has 1 fully saturated rings. The van der Waals surface area contributed by atoms with E-state index in [9.17, 15) is 14.4 Å². The fourth-order valence-corrected chi connectivity index (χ4v) is 3.39. The van der Waals surface area contributed by atoms with Crippen LogP contribution in [-0.4, -0.2) is 51.8 Å². The van der Waals surface area contributed by atoms with Gasteiger partial charge in [-0.15, -0.1) is 11.8 Å². The lowest BCUT2D eigenvalue weighted by Gasteiger charge is -2.23. The number of aliphatic carboxylic acids is 1. The van der Waals surface area contributed by atoms with Crippen LogP contribution in [0.15, 0.2) is 30.3 Å².